The zero-order valence-corrected chi connectivity index (χ0v) is 12.9. The van der Waals surface area contributed by atoms with Crippen LogP contribution in [0, 0.1) is 13.8 Å². The molecule has 2 unspecified atom stereocenters. The molecule has 0 spiro atoms. The third-order valence-corrected chi connectivity index (χ3v) is 4.13. The lowest BCUT2D eigenvalue weighted by molar-refractivity contribution is 0.262. The molecular formula is C18H20O4. The van der Waals surface area contributed by atoms with Gasteiger partial charge in [-0.3, -0.25) is 0 Å². The number of rotatable bonds is 6. The Labute approximate surface area is 129 Å². The zero-order chi connectivity index (χ0) is 15.1. The highest BCUT2D eigenvalue weighted by atomic mass is 16.6. The summed E-state index contributed by atoms with van der Waals surface area (Å²) in [5.41, 5.74) is 2.39. The molecule has 0 bridgehead atoms. The Morgan fingerprint density at radius 1 is 0.955 bits per heavy atom. The minimum Gasteiger partial charge on any atom is -0.491 e. The number of benzene rings is 2. The van der Waals surface area contributed by atoms with Crippen LogP contribution in [0.5, 0.6) is 11.5 Å². The maximum atomic E-state index is 5.94. The van der Waals surface area contributed by atoms with E-state index < -0.39 is 0 Å². The van der Waals surface area contributed by atoms with Gasteiger partial charge < -0.3 is 18.9 Å². The van der Waals surface area contributed by atoms with E-state index in [1.807, 2.05) is 6.07 Å². The summed E-state index contributed by atoms with van der Waals surface area (Å²) in [5, 5.41) is 2.34. The Balaban J connectivity index is 1.66. The summed E-state index contributed by atoms with van der Waals surface area (Å²) in [6, 6.07) is 8.31. The molecule has 0 aromatic heterocycles. The van der Waals surface area contributed by atoms with E-state index in [9.17, 15) is 0 Å². The van der Waals surface area contributed by atoms with Crippen LogP contribution in [0.4, 0.5) is 0 Å². The lowest BCUT2D eigenvalue weighted by Crippen LogP contribution is -2.06. The molecule has 22 heavy (non-hydrogen) atoms. The Kier molecular flexibility index (Phi) is 3.43. The van der Waals surface area contributed by atoms with E-state index in [4.69, 9.17) is 18.9 Å². The van der Waals surface area contributed by atoms with Gasteiger partial charge in [-0.25, -0.2) is 0 Å². The second-order valence-corrected chi connectivity index (χ2v) is 6.08. The van der Waals surface area contributed by atoms with Gasteiger partial charge in [-0.15, -0.1) is 0 Å². The molecule has 2 heterocycles. The summed E-state index contributed by atoms with van der Waals surface area (Å²) >= 11 is 0. The van der Waals surface area contributed by atoms with Crippen LogP contribution in [0.15, 0.2) is 24.3 Å². The number of hydrogen-bond donors (Lipinski definition) is 0. The summed E-state index contributed by atoms with van der Waals surface area (Å²) in [4.78, 5) is 0. The third kappa shape index (κ3) is 2.89. The van der Waals surface area contributed by atoms with Crippen molar-refractivity contribution in [3.05, 3.63) is 35.4 Å². The maximum Gasteiger partial charge on any atom is 0.127 e. The van der Waals surface area contributed by atoms with Crippen molar-refractivity contribution in [2.24, 2.45) is 0 Å². The van der Waals surface area contributed by atoms with E-state index in [2.05, 4.69) is 32.0 Å². The normalized spacial score (nSPS) is 22.6. The number of aryl methyl sites for hydroxylation is 2. The standard InChI is InChI=1S/C18H20O4/c1-11-3-4-17(22-10-15-9-21-15)18-12(2)5-13(6-16(11)18)19-7-14-8-20-14/h3-6,14-15H,7-10H2,1-2H3. The first-order chi connectivity index (χ1) is 10.7. The van der Waals surface area contributed by atoms with Crippen molar-refractivity contribution in [3.63, 3.8) is 0 Å². The highest BCUT2D eigenvalue weighted by Gasteiger charge is 2.24. The van der Waals surface area contributed by atoms with E-state index in [1.165, 1.54) is 16.5 Å². The van der Waals surface area contributed by atoms with Gasteiger partial charge in [0.2, 0.25) is 0 Å². The van der Waals surface area contributed by atoms with E-state index in [0.29, 0.717) is 13.2 Å². The Bertz CT molecular complexity index is 702. The molecular weight excluding hydrogens is 280 g/mol. The van der Waals surface area contributed by atoms with Gasteiger partial charge in [0.15, 0.2) is 0 Å². The Morgan fingerprint density at radius 3 is 2.32 bits per heavy atom. The molecule has 2 aromatic rings. The first kappa shape index (κ1) is 13.9. The lowest BCUT2D eigenvalue weighted by Gasteiger charge is -2.14. The lowest BCUT2D eigenvalue weighted by atomic mass is 10.00. The van der Waals surface area contributed by atoms with Gasteiger partial charge >= 0.3 is 0 Å². The summed E-state index contributed by atoms with van der Waals surface area (Å²) in [7, 11) is 0. The van der Waals surface area contributed by atoms with E-state index in [0.717, 1.165) is 30.1 Å². The largest absolute Gasteiger partial charge is 0.491 e. The van der Waals surface area contributed by atoms with Crippen molar-refractivity contribution in [2.45, 2.75) is 26.1 Å². The second-order valence-electron chi connectivity index (χ2n) is 6.08. The van der Waals surface area contributed by atoms with E-state index >= 15 is 0 Å². The zero-order valence-electron chi connectivity index (χ0n) is 12.9. The monoisotopic (exact) mass is 300 g/mol. The molecule has 4 rings (SSSR count). The molecule has 0 saturated carbocycles. The van der Waals surface area contributed by atoms with Crippen LogP contribution in [0.25, 0.3) is 10.8 Å². The molecule has 116 valence electrons. The smallest absolute Gasteiger partial charge is 0.127 e. The second kappa shape index (κ2) is 5.45. The quantitative estimate of drug-likeness (QED) is 0.769. The highest BCUT2D eigenvalue weighted by Crippen LogP contribution is 2.35. The average Bonchev–Trinajstić information content (AvgIpc) is 3.38. The molecule has 2 aliphatic heterocycles. The van der Waals surface area contributed by atoms with Crippen LogP contribution in [0.2, 0.25) is 0 Å². The molecule has 2 aromatic carbocycles. The molecule has 4 heteroatoms. The van der Waals surface area contributed by atoms with Gasteiger partial charge in [0.05, 0.1) is 13.2 Å². The fourth-order valence-electron chi connectivity index (χ4n) is 2.67. The molecule has 0 aliphatic carbocycles. The summed E-state index contributed by atoms with van der Waals surface area (Å²) < 4.78 is 22.2. The van der Waals surface area contributed by atoms with Gasteiger partial charge in [-0.1, -0.05) is 6.07 Å². The highest BCUT2D eigenvalue weighted by molar-refractivity contribution is 5.94. The van der Waals surface area contributed by atoms with Crippen LogP contribution in [-0.4, -0.2) is 38.6 Å². The van der Waals surface area contributed by atoms with E-state index in [1.54, 1.807) is 0 Å². The van der Waals surface area contributed by atoms with Gasteiger partial charge in [0.1, 0.15) is 36.9 Å². The number of epoxide rings is 2. The topological polar surface area (TPSA) is 43.5 Å². The average molecular weight is 300 g/mol. The predicted molar refractivity (Wildman–Crippen MR) is 83.9 cm³/mol. The molecule has 0 radical (unpaired) electrons. The van der Waals surface area contributed by atoms with Crippen LogP contribution in [-0.2, 0) is 9.47 Å². The van der Waals surface area contributed by atoms with Crippen molar-refractivity contribution in [1.82, 2.24) is 0 Å². The molecule has 0 N–H and O–H groups in total. The summed E-state index contributed by atoms with van der Waals surface area (Å²) in [5.74, 6) is 1.82. The fraction of sp³-hybridized carbons (Fsp3) is 0.444. The fourth-order valence-corrected chi connectivity index (χ4v) is 2.67. The van der Waals surface area contributed by atoms with Crippen molar-refractivity contribution in [1.29, 1.82) is 0 Å². The van der Waals surface area contributed by atoms with Crippen molar-refractivity contribution >= 4 is 10.8 Å². The molecule has 4 nitrogen and oxygen atoms in total. The molecule has 0 amide bonds. The SMILES string of the molecule is Cc1ccc(OCC2CO2)c2c(C)cc(OCC3CO3)cc12. The minimum absolute atomic E-state index is 0.262. The van der Waals surface area contributed by atoms with Crippen LogP contribution in [0.3, 0.4) is 0 Å². The summed E-state index contributed by atoms with van der Waals surface area (Å²) in [6.07, 6.45) is 0.531. The van der Waals surface area contributed by atoms with Gasteiger partial charge in [-0.05, 0) is 48.6 Å². The Morgan fingerprint density at radius 2 is 1.64 bits per heavy atom. The summed E-state index contributed by atoms with van der Waals surface area (Å²) in [6.45, 7) is 7.08. The van der Waals surface area contributed by atoms with Crippen LogP contribution in [0.1, 0.15) is 11.1 Å². The van der Waals surface area contributed by atoms with Gasteiger partial charge in [0.25, 0.3) is 0 Å². The Hall–Kier alpha value is -1.78. The minimum atomic E-state index is 0.262. The van der Waals surface area contributed by atoms with Crippen molar-refractivity contribution in [3.8, 4) is 11.5 Å². The number of ether oxygens (including phenoxy) is 4. The maximum absolute atomic E-state index is 5.94. The molecule has 2 saturated heterocycles. The third-order valence-electron chi connectivity index (χ3n) is 4.13. The van der Waals surface area contributed by atoms with Crippen LogP contribution >= 0.6 is 0 Å². The predicted octanol–water partition coefficient (Wildman–Crippen LogP) is 3.01. The van der Waals surface area contributed by atoms with Crippen molar-refractivity contribution < 1.29 is 18.9 Å². The first-order valence-corrected chi connectivity index (χ1v) is 7.73. The molecule has 2 aliphatic rings. The van der Waals surface area contributed by atoms with Crippen LogP contribution < -0.4 is 9.47 Å². The van der Waals surface area contributed by atoms with Gasteiger partial charge in [-0.2, -0.15) is 0 Å². The first-order valence-electron chi connectivity index (χ1n) is 7.73. The van der Waals surface area contributed by atoms with E-state index in [-0.39, 0.29) is 12.2 Å². The number of hydrogen-bond acceptors (Lipinski definition) is 4. The number of fused-ring (bicyclic) bond motifs is 1. The molecule has 2 fully saturated rings. The van der Waals surface area contributed by atoms with Crippen molar-refractivity contribution in [2.75, 3.05) is 26.4 Å². The van der Waals surface area contributed by atoms with Gasteiger partial charge in [0, 0.05) is 5.39 Å². The molecule has 2 atom stereocenters.